The third kappa shape index (κ3) is 3.86. The van der Waals surface area contributed by atoms with E-state index >= 15 is 0 Å². The Morgan fingerprint density at radius 2 is 1.00 bits per heavy atom. The van der Waals surface area contributed by atoms with Crippen LogP contribution in [0.5, 0.6) is 0 Å². The molecule has 16 heteroatoms. The van der Waals surface area contributed by atoms with Crippen molar-refractivity contribution in [3.8, 4) is 0 Å². The average Bonchev–Trinajstić information content (AvgIpc) is 3.43. The van der Waals surface area contributed by atoms with E-state index in [1.807, 2.05) is 0 Å². The van der Waals surface area contributed by atoms with Crippen LogP contribution in [0, 0.1) is 0 Å². The highest BCUT2D eigenvalue weighted by atomic mass is 32.3. The largest absolute Gasteiger partial charge is 0.498 e. The maximum atomic E-state index is 13.3. The zero-order valence-electron chi connectivity index (χ0n) is 15.4. The van der Waals surface area contributed by atoms with Crippen LogP contribution in [0.15, 0.2) is 68.4 Å². The molecule has 0 saturated carbocycles. The van der Waals surface area contributed by atoms with Crippen molar-refractivity contribution >= 4 is 43.4 Å². The molecule has 0 spiro atoms. The van der Waals surface area contributed by atoms with Crippen LogP contribution in [0.25, 0.3) is 0 Å². The highest BCUT2D eigenvalue weighted by Gasteiger charge is 2.69. The highest BCUT2D eigenvalue weighted by molar-refractivity contribution is 8.11. The predicted molar refractivity (Wildman–Crippen MR) is 101 cm³/mol. The molecule has 7 nitrogen and oxygen atoms in total. The van der Waals surface area contributed by atoms with Gasteiger partial charge in [0.15, 0.2) is 0 Å². The molecule has 0 unspecified atom stereocenters. The van der Waals surface area contributed by atoms with Crippen molar-refractivity contribution in [1.82, 2.24) is 0 Å². The summed E-state index contributed by atoms with van der Waals surface area (Å²) in [4.78, 5) is 0. The van der Waals surface area contributed by atoms with Crippen LogP contribution in [0.2, 0.25) is 0 Å². The number of sulfone groups is 2. The van der Waals surface area contributed by atoms with E-state index in [1.165, 1.54) is 18.2 Å². The SMILES string of the molecule is O=S(=O)(C(C[P+](c1ccco1)(c1ccco1)c1ccco1)S(=O)(=O)C(F)(F)F)C(F)(F)F. The first-order valence-corrected chi connectivity index (χ1v) is 13.3. The lowest BCUT2D eigenvalue weighted by atomic mass is 10.7. The summed E-state index contributed by atoms with van der Waals surface area (Å²) < 4.78 is 140. The first kappa shape index (κ1) is 24.4. The van der Waals surface area contributed by atoms with Gasteiger partial charge in [0, 0.05) is 18.2 Å². The van der Waals surface area contributed by atoms with Crippen LogP contribution < -0.4 is 16.5 Å². The molecule has 0 bridgehead atoms. The van der Waals surface area contributed by atoms with Crippen molar-refractivity contribution in [2.75, 3.05) is 6.16 Å². The normalized spacial score (nSPS) is 14.2. The molecule has 0 aromatic carbocycles. The summed E-state index contributed by atoms with van der Waals surface area (Å²) in [5, 5.41) is 0. The molecule has 176 valence electrons. The summed E-state index contributed by atoms with van der Waals surface area (Å²) in [6.07, 6.45) is 1.38. The summed E-state index contributed by atoms with van der Waals surface area (Å²) in [7, 11) is -17.8. The summed E-state index contributed by atoms with van der Waals surface area (Å²) in [6.45, 7) is 0. The average molecular weight is 525 g/mol. The van der Waals surface area contributed by atoms with E-state index in [1.54, 1.807) is 0 Å². The third-order valence-electron chi connectivity index (χ3n) is 4.41. The summed E-state index contributed by atoms with van der Waals surface area (Å²) in [5.41, 5.74) is -13.5. The van der Waals surface area contributed by atoms with Crippen molar-refractivity contribution in [3.05, 3.63) is 55.2 Å². The van der Waals surface area contributed by atoms with Gasteiger partial charge in [-0.2, -0.15) is 26.3 Å². The van der Waals surface area contributed by atoms with Crippen molar-refractivity contribution in [2.45, 2.75) is 15.6 Å². The number of hydrogen-bond donors (Lipinski definition) is 0. The smallest absolute Gasteiger partial charge is 0.434 e. The molecule has 3 heterocycles. The minimum atomic E-state index is -6.89. The lowest BCUT2D eigenvalue weighted by Gasteiger charge is -2.25. The Balaban J connectivity index is 2.39. The van der Waals surface area contributed by atoms with Gasteiger partial charge < -0.3 is 13.3 Å². The van der Waals surface area contributed by atoms with Crippen LogP contribution in [-0.2, 0) is 19.7 Å². The molecule has 0 fully saturated rings. The van der Waals surface area contributed by atoms with Crippen molar-refractivity contribution in [2.24, 2.45) is 0 Å². The van der Waals surface area contributed by atoms with Gasteiger partial charge in [0.25, 0.3) is 36.2 Å². The van der Waals surface area contributed by atoms with Crippen LogP contribution in [-0.4, -0.2) is 38.6 Å². The Bertz CT molecular complexity index is 1120. The molecule has 0 N–H and O–H groups in total. The highest BCUT2D eigenvalue weighted by Crippen LogP contribution is 2.58. The molecule has 0 amide bonds. The number of furan rings is 3. The monoisotopic (exact) mass is 525 g/mol. The van der Waals surface area contributed by atoms with Crippen LogP contribution in [0.1, 0.15) is 0 Å². The van der Waals surface area contributed by atoms with Crippen molar-refractivity contribution in [3.63, 3.8) is 0 Å². The topological polar surface area (TPSA) is 108 Å². The van der Waals surface area contributed by atoms with E-state index in [9.17, 15) is 43.2 Å². The lowest BCUT2D eigenvalue weighted by molar-refractivity contribution is -0.0468. The van der Waals surface area contributed by atoms with Crippen LogP contribution in [0.4, 0.5) is 26.3 Å². The Morgan fingerprint density at radius 3 is 1.22 bits per heavy atom. The molecule has 0 aliphatic carbocycles. The maximum Gasteiger partial charge on any atom is 0.498 e. The third-order valence-corrected chi connectivity index (χ3v) is 13.4. The van der Waals surface area contributed by atoms with Gasteiger partial charge in [-0.25, -0.2) is 16.8 Å². The number of halogens is 6. The van der Waals surface area contributed by atoms with Crippen molar-refractivity contribution in [1.29, 1.82) is 0 Å². The Kier molecular flexibility index (Phi) is 6.07. The lowest BCUT2D eigenvalue weighted by Crippen LogP contribution is -2.49. The van der Waals surface area contributed by atoms with E-state index in [0.29, 0.717) is 0 Å². The fourth-order valence-corrected chi connectivity index (χ4v) is 11.8. The van der Waals surface area contributed by atoms with Gasteiger partial charge in [0.1, 0.15) is 6.16 Å². The fourth-order valence-electron chi connectivity index (χ4n) is 2.94. The van der Waals surface area contributed by atoms with Gasteiger partial charge >= 0.3 is 11.0 Å². The fraction of sp³-hybridized carbons (Fsp3) is 0.250. The van der Waals surface area contributed by atoms with Crippen LogP contribution in [0.3, 0.4) is 0 Å². The van der Waals surface area contributed by atoms with Crippen molar-refractivity contribution < 1.29 is 56.4 Å². The van der Waals surface area contributed by atoms with Gasteiger partial charge in [0.05, 0.1) is 18.8 Å². The number of rotatable bonds is 7. The van der Waals surface area contributed by atoms with Gasteiger partial charge in [-0.15, -0.1) is 0 Å². The van der Waals surface area contributed by atoms with E-state index < -0.39 is 48.7 Å². The van der Waals surface area contributed by atoms with Gasteiger partial charge in [-0.3, -0.25) is 0 Å². The van der Waals surface area contributed by atoms with E-state index in [2.05, 4.69) is 0 Å². The summed E-state index contributed by atoms with van der Waals surface area (Å²) in [6, 6.07) is 7.16. The Labute approximate surface area is 177 Å². The molecule has 0 atom stereocenters. The summed E-state index contributed by atoms with van der Waals surface area (Å²) >= 11 is 0. The Morgan fingerprint density at radius 1 is 0.688 bits per heavy atom. The second-order valence-corrected chi connectivity index (χ2v) is 14.1. The second kappa shape index (κ2) is 7.96. The van der Waals surface area contributed by atoms with Gasteiger partial charge in [-0.05, 0) is 18.2 Å². The minimum absolute atomic E-state index is 0.304. The van der Waals surface area contributed by atoms with E-state index in [-0.39, 0.29) is 16.5 Å². The first-order chi connectivity index (χ1) is 14.7. The molecule has 3 rings (SSSR count). The standard InChI is InChI=1S/C16H12F6O7PS2/c17-15(18,19)31(23,24)14(32(25,26)16(20,21)22)10-30(11-4-1-7-27-11,12-5-2-8-28-12)13-6-3-9-29-13/h1-9,14H,10H2/q+1. The van der Waals surface area contributed by atoms with E-state index in [0.717, 1.165) is 37.0 Å². The molecule has 32 heavy (non-hydrogen) atoms. The van der Waals surface area contributed by atoms with Crippen LogP contribution >= 0.6 is 7.26 Å². The predicted octanol–water partition coefficient (Wildman–Crippen LogP) is 2.95. The number of hydrogen-bond acceptors (Lipinski definition) is 7. The molecule has 3 aromatic heterocycles. The molecular weight excluding hydrogens is 513 g/mol. The van der Waals surface area contributed by atoms with Gasteiger partial charge in [-0.1, -0.05) is 0 Å². The minimum Gasteiger partial charge on any atom is -0.434 e. The number of alkyl halides is 6. The summed E-state index contributed by atoms with van der Waals surface area (Å²) in [5.74, 6) is 0. The molecule has 0 aliphatic rings. The zero-order valence-corrected chi connectivity index (χ0v) is 17.9. The molecule has 0 radical (unpaired) electrons. The molecule has 0 aliphatic heterocycles. The zero-order chi connectivity index (χ0) is 24.0. The molecular formula is C16H12F6O7PS2+. The molecule has 3 aromatic rings. The van der Waals surface area contributed by atoms with E-state index in [4.69, 9.17) is 13.3 Å². The quantitative estimate of drug-likeness (QED) is 0.345. The Hall–Kier alpha value is -2.25. The first-order valence-electron chi connectivity index (χ1n) is 8.26. The van der Waals surface area contributed by atoms with Gasteiger partial charge in [0.2, 0.25) is 11.8 Å². The maximum absolute atomic E-state index is 13.3. The second-order valence-electron chi connectivity index (χ2n) is 6.26. The molecule has 0 saturated heterocycles.